The van der Waals surface area contributed by atoms with E-state index in [-0.39, 0.29) is 35.9 Å². The molecule has 10 heteroatoms. The smallest absolute Gasteiger partial charge is 0.331 e. The fourth-order valence-corrected chi connectivity index (χ4v) is 6.18. The van der Waals surface area contributed by atoms with E-state index in [2.05, 4.69) is 43.9 Å². The van der Waals surface area contributed by atoms with Gasteiger partial charge in [-0.25, -0.2) is 10.2 Å². The lowest BCUT2D eigenvalue weighted by Crippen LogP contribution is -2.58. The summed E-state index contributed by atoms with van der Waals surface area (Å²) in [6.45, 7) is 17.6. The van der Waals surface area contributed by atoms with E-state index in [1.807, 2.05) is 18.7 Å². The number of urea groups is 1. The highest BCUT2D eigenvalue weighted by molar-refractivity contribution is 5.82. The predicted octanol–water partition coefficient (Wildman–Crippen LogP) is 5.85. The fourth-order valence-electron chi connectivity index (χ4n) is 6.18. The summed E-state index contributed by atoms with van der Waals surface area (Å²) >= 11 is 0. The molecule has 0 spiro atoms. The number of unbranched alkanes of at least 4 members (excludes halogenated alkanes) is 6. The highest BCUT2D eigenvalue weighted by Crippen LogP contribution is 2.35. The van der Waals surface area contributed by atoms with E-state index in [0.29, 0.717) is 26.1 Å². The lowest BCUT2D eigenvalue weighted by molar-refractivity contribution is -0.304. The first kappa shape index (κ1) is 37.3. The van der Waals surface area contributed by atoms with Gasteiger partial charge < -0.3 is 24.8 Å². The van der Waals surface area contributed by atoms with Crippen LogP contribution >= 0.6 is 0 Å². The molecule has 1 aliphatic heterocycles. The molecular formula is C33H62N4O6. The van der Waals surface area contributed by atoms with Crippen LogP contribution in [-0.2, 0) is 19.1 Å². The molecule has 0 bridgehead atoms. The third-order valence-corrected chi connectivity index (χ3v) is 8.64. The second kappa shape index (κ2) is 17.0. The van der Waals surface area contributed by atoms with Crippen LogP contribution in [0.25, 0.3) is 0 Å². The molecule has 1 saturated heterocycles. The molecule has 2 rings (SSSR count). The number of nitrogens with one attached hydrogen (secondary N) is 3. The maximum absolute atomic E-state index is 13.3. The SMILES string of the molecule is CCCCCCCCCN(CC(C)(C)C)C(=O)NNC1CCCC[C@H]1[C@@H](CNC(=O)C1OC(C)(C)OCC1(C)C)C(=O)O. The molecule has 0 aromatic rings. The van der Waals surface area contributed by atoms with Crippen LogP contribution in [0.2, 0.25) is 0 Å². The van der Waals surface area contributed by atoms with Crippen LogP contribution in [0, 0.1) is 22.7 Å². The summed E-state index contributed by atoms with van der Waals surface area (Å²) in [6, 6.07) is -0.382. The van der Waals surface area contributed by atoms with Gasteiger partial charge in [-0.05, 0) is 44.4 Å². The molecule has 3 amide bonds. The number of hydrogen-bond donors (Lipinski definition) is 4. The number of rotatable bonds is 16. The number of hydrogen-bond acceptors (Lipinski definition) is 6. The molecule has 0 radical (unpaired) electrons. The Balaban J connectivity index is 1.99. The third kappa shape index (κ3) is 12.9. The van der Waals surface area contributed by atoms with Crippen LogP contribution in [0.1, 0.15) is 126 Å². The van der Waals surface area contributed by atoms with Gasteiger partial charge in [-0.15, -0.1) is 0 Å². The van der Waals surface area contributed by atoms with E-state index in [1.54, 1.807) is 13.8 Å². The van der Waals surface area contributed by atoms with Gasteiger partial charge in [0.15, 0.2) is 5.79 Å². The van der Waals surface area contributed by atoms with Crippen molar-refractivity contribution in [2.45, 2.75) is 144 Å². The minimum Gasteiger partial charge on any atom is -0.481 e. The average molecular weight is 611 g/mol. The Bertz CT molecular complexity index is 887. The average Bonchev–Trinajstić information content (AvgIpc) is 2.91. The van der Waals surface area contributed by atoms with Crippen LogP contribution in [0.5, 0.6) is 0 Å². The highest BCUT2D eigenvalue weighted by Gasteiger charge is 2.46. The van der Waals surface area contributed by atoms with Gasteiger partial charge in [-0.1, -0.05) is 92.9 Å². The van der Waals surface area contributed by atoms with Gasteiger partial charge in [0.2, 0.25) is 5.91 Å². The first-order valence-electron chi connectivity index (χ1n) is 16.7. The molecule has 2 fully saturated rings. The Kier molecular flexibility index (Phi) is 14.7. The minimum atomic E-state index is -0.953. The number of nitrogens with zero attached hydrogens (tertiary/aromatic N) is 1. The topological polar surface area (TPSA) is 129 Å². The summed E-state index contributed by atoms with van der Waals surface area (Å²) in [6.07, 6.45) is 10.9. The Morgan fingerprint density at radius 3 is 2.23 bits per heavy atom. The highest BCUT2D eigenvalue weighted by atomic mass is 16.7. The zero-order valence-corrected chi connectivity index (χ0v) is 28.4. The zero-order chi connectivity index (χ0) is 32.3. The maximum Gasteiger partial charge on any atom is 0.331 e. The van der Waals surface area contributed by atoms with E-state index >= 15 is 0 Å². The number of carbonyl (C=O) groups is 3. The normalized spacial score (nSPS) is 24.1. The maximum atomic E-state index is 13.3. The summed E-state index contributed by atoms with van der Waals surface area (Å²) in [5.41, 5.74) is 5.55. The van der Waals surface area contributed by atoms with E-state index < -0.39 is 29.2 Å². The molecule has 2 unspecified atom stereocenters. The molecule has 1 heterocycles. The molecule has 4 N–H and O–H groups in total. The number of amides is 3. The molecule has 43 heavy (non-hydrogen) atoms. The van der Waals surface area contributed by atoms with Gasteiger partial charge in [-0.2, -0.15) is 0 Å². The van der Waals surface area contributed by atoms with Gasteiger partial charge in [-0.3, -0.25) is 15.0 Å². The lowest BCUT2D eigenvalue weighted by Gasteiger charge is -2.45. The molecule has 1 saturated carbocycles. The molecule has 0 aromatic heterocycles. The first-order valence-corrected chi connectivity index (χ1v) is 16.7. The molecule has 10 nitrogen and oxygen atoms in total. The molecule has 4 atom stereocenters. The molecule has 1 aliphatic carbocycles. The Morgan fingerprint density at radius 1 is 0.977 bits per heavy atom. The van der Waals surface area contributed by atoms with Crippen LogP contribution in [-0.4, -0.2) is 72.1 Å². The summed E-state index contributed by atoms with van der Waals surface area (Å²) in [7, 11) is 0. The van der Waals surface area contributed by atoms with Crippen molar-refractivity contribution in [1.82, 2.24) is 21.1 Å². The van der Waals surface area contributed by atoms with Crippen molar-refractivity contribution in [2.75, 3.05) is 26.2 Å². The summed E-state index contributed by atoms with van der Waals surface area (Å²) in [5, 5.41) is 13.1. The summed E-state index contributed by atoms with van der Waals surface area (Å²) < 4.78 is 11.7. The molecule has 2 aliphatic rings. The molecule has 250 valence electrons. The van der Waals surface area contributed by atoms with Crippen molar-refractivity contribution < 1.29 is 29.0 Å². The van der Waals surface area contributed by atoms with Crippen molar-refractivity contribution >= 4 is 17.9 Å². The number of carbonyl (C=O) groups excluding carboxylic acids is 2. The number of carboxylic acid groups (broad SMARTS) is 1. The van der Waals surface area contributed by atoms with E-state index in [4.69, 9.17) is 9.47 Å². The van der Waals surface area contributed by atoms with Crippen LogP contribution in [0.4, 0.5) is 4.79 Å². The quantitative estimate of drug-likeness (QED) is 0.127. The number of aliphatic carboxylic acids is 1. The number of ether oxygens (including phenoxy) is 2. The Hall–Kier alpha value is -1.91. The third-order valence-electron chi connectivity index (χ3n) is 8.64. The molecular weight excluding hydrogens is 548 g/mol. The van der Waals surface area contributed by atoms with Gasteiger partial charge in [0.25, 0.3) is 0 Å². The van der Waals surface area contributed by atoms with Crippen molar-refractivity contribution in [1.29, 1.82) is 0 Å². The van der Waals surface area contributed by atoms with Crippen molar-refractivity contribution in [3.63, 3.8) is 0 Å². The monoisotopic (exact) mass is 610 g/mol. The minimum absolute atomic E-state index is 0.00338. The summed E-state index contributed by atoms with van der Waals surface area (Å²) in [4.78, 5) is 40.9. The van der Waals surface area contributed by atoms with Crippen LogP contribution < -0.4 is 16.2 Å². The van der Waals surface area contributed by atoms with Gasteiger partial charge in [0.1, 0.15) is 6.10 Å². The number of hydrazine groups is 1. The van der Waals surface area contributed by atoms with Crippen molar-refractivity contribution in [3.8, 4) is 0 Å². The Morgan fingerprint density at radius 2 is 1.60 bits per heavy atom. The van der Waals surface area contributed by atoms with E-state index in [1.165, 1.54) is 32.1 Å². The second-order valence-corrected chi connectivity index (χ2v) is 15.1. The van der Waals surface area contributed by atoms with Crippen LogP contribution in [0.3, 0.4) is 0 Å². The number of carboxylic acids is 1. The van der Waals surface area contributed by atoms with Gasteiger partial charge >= 0.3 is 12.0 Å². The molecule has 0 aromatic carbocycles. The standard InChI is InChI=1S/C33H62N4O6/c1-9-10-11-12-13-14-17-20-37(22-31(2,3)4)30(41)36-35-26-19-16-15-18-24(26)25(29(39)40)21-34-28(38)27-32(5,6)23-42-33(7,8)43-27/h24-27,35H,9-23H2,1-8H3,(H,34,38)(H,36,41)(H,39,40)/t24-,25+,26?,27?/m0/s1. The van der Waals surface area contributed by atoms with Crippen LogP contribution in [0.15, 0.2) is 0 Å². The van der Waals surface area contributed by atoms with Gasteiger partial charge in [0, 0.05) is 31.1 Å². The fraction of sp³-hybridized carbons (Fsp3) is 0.909. The van der Waals surface area contributed by atoms with E-state index in [9.17, 15) is 19.5 Å². The zero-order valence-electron chi connectivity index (χ0n) is 28.4. The van der Waals surface area contributed by atoms with E-state index in [0.717, 1.165) is 32.1 Å². The Labute approximate surface area is 260 Å². The predicted molar refractivity (Wildman–Crippen MR) is 169 cm³/mol. The van der Waals surface area contributed by atoms with Gasteiger partial charge in [0.05, 0.1) is 12.5 Å². The largest absolute Gasteiger partial charge is 0.481 e. The summed E-state index contributed by atoms with van der Waals surface area (Å²) in [5.74, 6) is -3.22. The van der Waals surface area contributed by atoms with Crippen molar-refractivity contribution in [3.05, 3.63) is 0 Å². The second-order valence-electron chi connectivity index (χ2n) is 15.1. The lowest BCUT2D eigenvalue weighted by atomic mass is 9.76. The first-order chi connectivity index (χ1) is 20.1. The van der Waals surface area contributed by atoms with Crippen molar-refractivity contribution in [2.24, 2.45) is 22.7 Å².